The molecule has 1 N–H and O–H groups in total. The molecule has 0 saturated carbocycles. The lowest BCUT2D eigenvalue weighted by atomic mass is 10.2. The van der Waals surface area contributed by atoms with Crippen LogP contribution in [-0.4, -0.2) is 37.2 Å². The molecule has 2 heterocycles. The molecule has 26 heavy (non-hydrogen) atoms. The number of hydrogen-bond acceptors (Lipinski definition) is 4. The molecule has 0 bridgehead atoms. The fourth-order valence-electron chi connectivity index (χ4n) is 3.01. The summed E-state index contributed by atoms with van der Waals surface area (Å²) < 4.78 is 29.4. The van der Waals surface area contributed by atoms with Crippen LogP contribution in [0.5, 0.6) is 0 Å². The first-order valence-corrected chi connectivity index (χ1v) is 10.2. The molecule has 1 aromatic heterocycles. The number of amides is 1. The van der Waals surface area contributed by atoms with Gasteiger partial charge in [0.05, 0.1) is 10.6 Å². The van der Waals surface area contributed by atoms with Gasteiger partial charge in [0.15, 0.2) is 0 Å². The van der Waals surface area contributed by atoms with E-state index in [1.54, 1.807) is 29.2 Å². The molecule has 1 amide bonds. The van der Waals surface area contributed by atoms with Gasteiger partial charge in [-0.3, -0.25) is 9.48 Å². The summed E-state index contributed by atoms with van der Waals surface area (Å²) in [4.78, 5) is 13.7. The third-order valence-electron chi connectivity index (χ3n) is 4.43. The minimum absolute atomic E-state index is 0.0846. The Morgan fingerprint density at radius 2 is 1.96 bits per heavy atom. The Labute approximate surface area is 154 Å². The van der Waals surface area contributed by atoms with Crippen LogP contribution < -0.4 is 9.62 Å². The summed E-state index contributed by atoms with van der Waals surface area (Å²) in [5.74, 6) is 0.187. The summed E-state index contributed by atoms with van der Waals surface area (Å²) >= 11 is 0. The van der Waals surface area contributed by atoms with Crippen LogP contribution in [0.25, 0.3) is 0 Å². The van der Waals surface area contributed by atoms with Crippen LogP contribution >= 0.6 is 0 Å². The van der Waals surface area contributed by atoms with Crippen molar-refractivity contribution in [3.8, 4) is 0 Å². The number of hydrogen-bond donors (Lipinski definition) is 1. The molecule has 0 radical (unpaired) electrons. The van der Waals surface area contributed by atoms with Gasteiger partial charge in [0.1, 0.15) is 0 Å². The van der Waals surface area contributed by atoms with E-state index in [1.165, 1.54) is 0 Å². The van der Waals surface area contributed by atoms with E-state index in [1.807, 2.05) is 30.8 Å². The minimum atomic E-state index is -3.58. The summed E-state index contributed by atoms with van der Waals surface area (Å²) in [6.45, 7) is 5.55. The van der Waals surface area contributed by atoms with E-state index in [4.69, 9.17) is 0 Å². The maximum Gasteiger partial charge on any atom is 0.240 e. The van der Waals surface area contributed by atoms with Gasteiger partial charge in [-0.1, -0.05) is 6.92 Å². The molecule has 3 rings (SSSR count). The molecule has 1 aliphatic heterocycles. The molecule has 140 valence electrons. The Balaban J connectivity index is 1.59. The Kier molecular flexibility index (Phi) is 5.43. The lowest BCUT2D eigenvalue weighted by molar-refractivity contribution is -0.117. The van der Waals surface area contributed by atoms with Crippen molar-refractivity contribution in [2.24, 2.45) is 5.92 Å². The molecule has 0 unspecified atom stereocenters. The number of sulfonamides is 1. The molecule has 7 nitrogen and oxygen atoms in total. The number of aryl methyl sites for hydroxylation is 1. The third-order valence-corrected chi connectivity index (χ3v) is 5.87. The van der Waals surface area contributed by atoms with Gasteiger partial charge in [-0.05, 0) is 49.6 Å². The van der Waals surface area contributed by atoms with Gasteiger partial charge in [-0.2, -0.15) is 5.10 Å². The lowest BCUT2D eigenvalue weighted by Gasteiger charge is -2.16. The van der Waals surface area contributed by atoms with E-state index in [0.29, 0.717) is 26.1 Å². The standard InChI is InChI=1S/C18H24N4O3S/c1-14(13-21-11-9-15(2)20-21)12-19-26(24,25)17-7-5-16(6-8-17)22-10-3-4-18(22)23/h5-9,11,14,19H,3-4,10,12-13H2,1-2H3/t14-/m0/s1. The first-order chi connectivity index (χ1) is 12.3. The highest BCUT2D eigenvalue weighted by molar-refractivity contribution is 7.89. The van der Waals surface area contributed by atoms with Gasteiger partial charge in [-0.15, -0.1) is 0 Å². The first kappa shape index (κ1) is 18.6. The smallest absolute Gasteiger partial charge is 0.240 e. The highest BCUT2D eigenvalue weighted by atomic mass is 32.2. The quantitative estimate of drug-likeness (QED) is 0.800. The van der Waals surface area contributed by atoms with Crippen LogP contribution in [-0.2, 0) is 21.4 Å². The number of carbonyl (C=O) groups excluding carboxylic acids is 1. The number of nitrogens with one attached hydrogen (secondary N) is 1. The fraction of sp³-hybridized carbons (Fsp3) is 0.444. The van der Waals surface area contributed by atoms with E-state index in [0.717, 1.165) is 17.8 Å². The lowest BCUT2D eigenvalue weighted by Crippen LogP contribution is -2.30. The average molecular weight is 376 g/mol. The van der Waals surface area contributed by atoms with Crippen molar-refractivity contribution < 1.29 is 13.2 Å². The molecular formula is C18H24N4O3S. The molecular weight excluding hydrogens is 352 g/mol. The molecule has 1 aromatic carbocycles. The Morgan fingerprint density at radius 3 is 2.54 bits per heavy atom. The number of aromatic nitrogens is 2. The maximum atomic E-state index is 12.5. The summed E-state index contributed by atoms with van der Waals surface area (Å²) in [5.41, 5.74) is 1.68. The van der Waals surface area contributed by atoms with Crippen molar-refractivity contribution in [2.45, 2.75) is 38.1 Å². The molecule has 0 aliphatic carbocycles. The number of carbonyl (C=O) groups is 1. The zero-order chi connectivity index (χ0) is 18.7. The highest BCUT2D eigenvalue weighted by Gasteiger charge is 2.22. The number of rotatable bonds is 7. The van der Waals surface area contributed by atoms with E-state index in [9.17, 15) is 13.2 Å². The van der Waals surface area contributed by atoms with Crippen molar-refractivity contribution >= 4 is 21.6 Å². The molecule has 1 atom stereocenters. The van der Waals surface area contributed by atoms with Crippen LogP contribution in [0.2, 0.25) is 0 Å². The predicted octanol–water partition coefficient (Wildman–Crippen LogP) is 1.93. The monoisotopic (exact) mass is 376 g/mol. The van der Waals surface area contributed by atoms with Crippen molar-refractivity contribution in [3.05, 3.63) is 42.2 Å². The van der Waals surface area contributed by atoms with Crippen LogP contribution in [0, 0.1) is 12.8 Å². The zero-order valence-electron chi connectivity index (χ0n) is 15.1. The fourth-order valence-corrected chi connectivity index (χ4v) is 4.18. The molecule has 8 heteroatoms. The summed E-state index contributed by atoms with van der Waals surface area (Å²) in [6, 6.07) is 8.39. The first-order valence-electron chi connectivity index (χ1n) is 8.75. The Bertz CT molecular complexity index is 874. The van der Waals surface area contributed by atoms with Crippen LogP contribution in [0.1, 0.15) is 25.5 Å². The normalized spacial score (nSPS) is 16.2. The second kappa shape index (κ2) is 7.59. The Morgan fingerprint density at radius 1 is 1.23 bits per heavy atom. The third kappa shape index (κ3) is 4.31. The second-order valence-corrected chi connectivity index (χ2v) is 8.55. The van der Waals surface area contributed by atoms with E-state index >= 15 is 0 Å². The largest absolute Gasteiger partial charge is 0.312 e. The van der Waals surface area contributed by atoms with Crippen molar-refractivity contribution in [1.29, 1.82) is 0 Å². The summed E-state index contributed by atoms with van der Waals surface area (Å²) in [6.07, 6.45) is 3.28. The van der Waals surface area contributed by atoms with Crippen molar-refractivity contribution in [1.82, 2.24) is 14.5 Å². The van der Waals surface area contributed by atoms with Gasteiger partial charge in [-0.25, -0.2) is 13.1 Å². The molecule has 2 aromatic rings. The van der Waals surface area contributed by atoms with Crippen LogP contribution in [0.3, 0.4) is 0 Å². The van der Waals surface area contributed by atoms with Crippen molar-refractivity contribution in [3.63, 3.8) is 0 Å². The van der Waals surface area contributed by atoms with Crippen LogP contribution in [0.4, 0.5) is 5.69 Å². The van der Waals surface area contributed by atoms with Gasteiger partial charge >= 0.3 is 0 Å². The van der Waals surface area contributed by atoms with Gasteiger partial charge in [0.2, 0.25) is 15.9 Å². The summed E-state index contributed by atoms with van der Waals surface area (Å²) in [7, 11) is -3.58. The van der Waals surface area contributed by atoms with E-state index in [2.05, 4.69) is 9.82 Å². The van der Waals surface area contributed by atoms with Gasteiger partial charge in [0.25, 0.3) is 0 Å². The van der Waals surface area contributed by atoms with Gasteiger partial charge < -0.3 is 4.90 Å². The highest BCUT2D eigenvalue weighted by Crippen LogP contribution is 2.23. The average Bonchev–Trinajstić information content (AvgIpc) is 3.21. The Hall–Kier alpha value is -2.19. The SMILES string of the molecule is Cc1ccn(C[C@@H](C)CNS(=O)(=O)c2ccc(N3CCCC3=O)cc2)n1. The van der Waals surface area contributed by atoms with E-state index < -0.39 is 10.0 Å². The molecule has 0 spiro atoms. The number of benzene rings is 1. The molecule has 1 aliphatic rings. The van der Waals surface area contributed by atoms with Crippen molar-refractivity contribution in [2.75, 3.05) is 18.0 Å². The molecule has 1 saturated heterocycles. The van der Waals surface area contributed by atoms with Crippen LogP contribution in [0.15, 0.2) is 41.4 Å². The predicted molar refractivity (Wildman–Crippen MR) is 99.3 cm³/mol. The summed E-state index contributed by atoms with van der Waals surface area (Å²) in [5, 5.41) is 4.31. The second-order valence-electron chi connectivity index (χ2n) is 6.78. The van der Waals surface area contributed by atoms with Gasteiger partial charge in [0, 0.05) is 37.9 Å². The maximum absolute atomic E-state index is 12.5. The number of anilines is 1. The minimum Gasteiger partial charge on any atom is -0.312 e. The van der Waals surface area contributed by atoms with E-state index in [-0.39, 0.29) is 16.7 Å². The topological polar surface area (TPSA) is 84.3 Å². The zero-order valence-corrected chi connectivity index (χ0v) is 15.9. The number of nitrogens with zero attached hydrogens (tertiary/aromatic N) is 3. The molecule has 1 fully saturated rings.